The average Bonchev–Trinajstić information content (AvgIpc) is 3.93. The molecule has 0 amide bonds. The van der Waals surface area contributed by atoms with Gasteiger partial charge in [-0.2, -0.15) is 0 Å². The van der Waals surface area contributed by atoms with Crippen LogP contribution in [-0.4, -0.2) is 24.5 Å². The van der Waals surface area contributed by atoms with E-state index in [4.69, 9.17) is 24.4 Å². The molecule has 0 saturated carbocycles. The quantitative estimate of drug-likeness (QED) is 0.179. The first-order valence-corrected chi connectivity index (χ1v) is 18.3. The first-order chi connectivity index (χ1) is 26.3. The molecule has 11 rings (SSSR count). The van der Waals surface area contributed by atoms with Gasteiger partial charge in [-0.05, 0) is 60.7 Å². The first-order valence-electron chi connectivity index (χ1n) is 17.5. The summed E-state index contributed by atoms with van der Waals surface area (Å²) in [6, 6.07) is 56.2. The lowest BCUT2D eigenvalue weighted by Crippen LogP contribution is -2.00. The third-order valence-electron chi connectivity index (χ3n) is 9.90. The molecule has 0 aliphatic carbocycles. The summed E-state index contributed by atoms with van der Waals surface area (Å²) in [6.07, 6.45) is 0. The summed E-state index contributed by atoms with van der Waals surface area (Å²) in [6.45, 7) is 0. The summed E-state index contributed by atoms with van der Waals surface area (Å²) >= 11 is 1.67. The van der Waals surface area contributed by atoms with Crippen LogP contribution in [0.3, 0.4) is 0 Å². The summed E-state index contributed by atoms with van der Waals surface area (Å²) in [4.78, 5) is 20.4. The van der Waals surface area contributed by atoms with E-state index < -0.39 is 0 Å². The fourth-order valence-corrected chi connectivity index (χ4v) is 8.49. The van der Waals surface area contributed by atoms with Crippen molar-refractivity contribution < 1.29 is 4.42 Å². The van der Waals surface area contributed by atoms with Gasteiger partial charge in [0.05, 0.1) is 26.8 Å². The highest BCUT2D eigenvalue weighted by Crippen LogP contribution is 2.42. The molecule has 0 aliphatic rings. The van der Waals surface area contributed by atoms with Crippen molar-refractivity contribution in [2.45, 2.75) is 0 Å². The number of hydrogen-bond donors (Lipinski definition) is 0. The molecule has 7 heteroatoms. The second kappa shape index (κ2) is 11.8. The van der Waals surface area contributed by atoms with E-state index in [0.29, 0.717) is 17.5 Å². The molecule has 0 radical (unpaired) electrons. The number of hydrogen-bond acceptors (Lipinski definition) is 6. The smallest absolute Gasteiger partial charge is 0.164 e. The van der Waals surface area contributed by atoms with Crippen LogP contribution in [0.25, 0.3) is 104 Å². The third kappa shape index (κ3) is 4.79. The van der Waals surface area contributed by atoms with Crippen molar-refractivity contribution in [1.82, 2.24) is 24.5 Å². The predicted octanol–water partition coefficient (Wildman–Crippen LogP) is 12.1. The van der Waals surface area contributed by atoms with Crippen LogP contribution in [-0.2, 0) is 0 Å². The van der Waals surface area contributed by atoms with E-state index in [1.54, 1.807) is 11.3 Å². The van der Waals surface area contributed by atoms with Gasteiger partial charge in [0.25, 0.3) is 0 Å². The van der Waals surface area contributed by atoms with Gasteiger partial charge in [-0.1, -0.05) is 103 Å². The molecule has 11 aromatic rings. The van der Waals surface area contributed by atoms with Gasteiger partial charge in [0.15, 0.2) is 17.5 Å². The van der Waals surface area contributed by atoms with Gasteiger partial charge in [-0.3, -0.25) is 0 Å². The maximum atomic E-state index is 6.65. The molecule has 248 valence electrons. The zero-order valence-corrected chi connectivity index (χ0v) is 29.0. The Labute approximate surface area is 307 Å². The number of aromatic nitrogens is 5. The first kappa shape index (κ1) is 29.7. The van der Waals surface area contributed by atoms with Crippen LogP contribution in [0.15, 0.2) is 168 Å². The number of furan rings is 1. The molecule has 0 atom stereocenters. The molecule has 0 bridgehead atoms. The molecule has 0 unspecified atom stereocenters. The molecule has 0 fully saturated rings. The minimum atomic E-state index is 0.583. The Balaban J connectivity index is 1.13. The SMILES string of the molecule is c1ccc(-c2nc(-c3ccc4c(c3)c3ccccc3n4-c3ccccc3)nc(-c3cccc4oc5c(-c6nc7ccccc7s6)cccc5c34)n2)cc1. The molecule has 4 aromatic heterocycles. The Morgan fingerprint density at radius 2 is 1.15 bits per heavy atom. The molecule has 0 aliphatic heterocycles. The van der Waals surface area contributed by atoms with E-state index in [1.165, 1.54) is 5.39 Å². The third-order valence-corrected chi connectivity index (χ3v) is 11.0. The Bertz CT molecular complexity index is 3150. The highest BCUT2D eigenvalue weighted by molar-refractivity contribution is 7.21. The van der Waals surface area contributed by atoms with Gasteiger partial charge in [-0.15, -0.1) is 11.3 Å². The van der Waals surface area contributed by atoms with Crippen molar-refractivity contribution in [3.8, 4) is 50.4 Å². The highest BCUT2D eigenvalue weighted by Gasteiger charge is 2.21. The molecule has 0 spiro atoms. The van der Waals surface area contributed by atoms with Crippen LogP contribution in [0.1, 0.15) is 0 Å². The monoisotopic (exact) mass is 697 g/mol. The van der Waals surface area contributed by atoms with E-state index in [-0.39, 0.29) is 0 Å². The van der Waals surface area contributed by atoms with Crippen molar-refractivity contribution in [1.29, 1.82) is 0 Å². The van der Waals surface area contributed by atoms with Crippen LogP contribution in [0.4, 0.5) is 0 Å². The molecule has 53 heavy (non-hydrogen) atoms. The molecular weight excluding hydrogens is 671 g/mol. The van der Waals surface area contributed by atoms with Crippen LogP contribution in [0, 0.1) is 0 Å². The van der Waals surface area contributed by atoms with Crippen molar-refractivity contribution in [2.75, 3.05) is 0 Å². The zero-order valence-electron chi connectivity index (χ0n) is 28.1. The Morgan fingerprint density at radius 1 is 0.472 bits per heavy atom. The van der Waals surface area contributed by atoms with E-state index in [2.05, 4.69) is 102 Å². The summed E-state index contributed by atoms with van der Waals surface area (Å²) < 4.78 is 10.1. The second-order valence-corrected chi connectivity index (χ2v) is 14.1. The highest BCUT2D eigenvalue weighted by atomic mass is 32.1. The second-order valence-electron chi connectivity index (χ2n) is 13.0. The summed E-state index contributed by atoms with van der Waals surface area (Å²) in [5.41, 5.74) is 9.62. The maximum absolute atomic E-state index is 6.65. The fourth-order valence-electron chi connectivity index (χ4n) is 7.50. The molecule has 7 aromatic carbocycles. The maximum Gasteiger partial charge on any atom is 0.164 e. The largest absolute Gasteiger partial charge is 0.455 e. The van der Waals surface area contributed by atoms with Crippen molar-refractivity contribution in [3.63, 3.8) is 0 Å². The summed E-state index contributed by atoms with van der Waals surface area (Å²) in [7, 11) is 0. The molecule has 0 N–H and O–H groups in total. The summed E-state index contributed by atoms with van der Waals surface area (Å²) in [5.74, 6) is 1.80. The lowest BCUT2D eigenvalue weighted by Gasteiger charge is -2.10. The van der Waals surface area contributed by atoms with E-state index in [9.17, 15) is 0 Å². The number of para-hydroxylation sites is 4. The fraction of sp³-hybridized carbons (Fsp3) is 0. The number of benzene rings is 7. The van der Waals surface area contributed by atoms with Gasteiger partial charge in [0, 0.05) is 43.9 Å². The van der Waals surface area contributed by atoms with Crippen molar-refractivity contribution >= 4 is 65.3 Å². The van der Waals surface area contributed by atoms with Gasteiger partial charge < -0.3 is 8.98 Å². The van der Waals surface area contributed by atoms with E-state index in [0.717, 1.165) is 81.5 Å². The van der Waals surface area contributed by atoms with Gasteiger partial charge in [0.2, 0.25) is 0 Å². The Hall–Kier alpha value is -6.96. The number of thiazole rings is 1. The van der Waals surface area contributed by atoms with Gasteiger partial charge in [-0.25, -0.2) is 19.9 Å². The number of nitrogens with zero attached hydrogens (tertiary/aromatic N) is 5. The van der Waals surface area contributed by atoms with Gasteiger partial charge >= 0.3 is 0 Å². The average molecular weight is 698 g/mol. The Morgan fingerprint density at radius 3 is 2.02 bits per heavy atom. The molecule has 4 heterocycles. The van der Waals surface area contributed by atoms with Crippen LogP contribution >= 0.6 is 11.3 Å². The number of fused-ring (bicyclic) bond motifs is 7. The molecule has 0 saturated heterocycles. The van der Waals surface area contributed by atoms with Crippen LogP contribution in [0.5, 0.6) is 0 Å². The minimum absolute atomic E-state index is 0.583. The van der Waals surface area contributed by atoms with E-state index >= 15 is 0 Å². The lowest BCUT2D eigenvalue weighted by atomic mass is 10.0. The van der Waals surface area contributed by atoms with Crippen LogP contribution in [0.2, 0.25) is 0 Å². The predicted molar refractivity (Wildman–Crippen MR) is 216 cm³/mol. The summed E-state index contributed by atoms with van der Waals surface area (Å²) in [5, 5.41) is 5.18. The zero-order chi connectivity index (χ0) is 34.9. The van der Waals surface area contributed by atoms with Crippen molar-refractivity contribution in [2.24, 2.45) is 0 Å². The molecule has 6 nitrogen and oxygen atoms in total. The standard InChI is InChI=1S/C46H27N5OS/c1-3-13-28(14-4-1)43-48-44(29-25-26-38-35(27-29)31-17-7-9-22-37(31)51(38)30-15-5-2-6-16-30)50-45(49-43)33-19-12-23-39-41(33)32-18-11-20-34(42(32)52-39)46-47-36-21-8-10-24-40(36)53-46/h1-27H. The Kier molecular flexibility index (Phi) is 6.62. The number of rotatable bonds is 5. The van der Waals surface area contributed by atoms with Crippen molar-refractivity contribution in [3.05, 3.63) is 164 Å². The van der Waals surface area contributed by atoms with E-state index in [1.807, 2.05) is 66.7 Å². The minimum Gasteiger partial charge on any atom is -0.455 e. The van der Waals surface area contributed by atoms with Crippen LogP contribution < -0.4 is 0 Å². The van der Waals surface area contributed by atoms with Gasteiger partial charge in [0.1, 0.15) is 16.2 Å². The lowest BCUT2D eigenvalue weighted by molar-refractivity contribution is 0.670. The normalized spacial score (nSPS) is 11.8. The molecular formula is C46H27N5OS. The topological polar surface area (TPSA) is 69.6 Å².